The summed E-state index contributed by atoms with van der Waals surface area (Å²) in [6.45, 7) is 6.58. The Morgan fingerprint density at radius 1 is 0.650 bits per heavy atom. The minimum absolute atomic E-state index is 0. The first-order chi connectivity index (χ1) is 8.83. The molecule has 0 N–H and O–H groups in total. The van der Waals surface area contributed by atoms with Crippen LogP contribution in [0.25, 0.3) is 11.1 Å². The van der Waals surface area contributed by atoms with Crippen LogP contribution in [-0.2, 0) is 13.1 Å². The van der Waals surface area contributed by atoms with E-state index in [9.17, 15) is 0 Å². The maximum Gasteiger partial charge on any atom is 0.169 e. The summed E-state index contributed by atoms with van der Waals surface area (Å²) in [5.41, 5.74) is 2.57. The number of rotatable bonds is 5. The van der Waals surface area contributed by atoms with Gasteiger partial charge in [-0.3, -0.25) is 0 Å². The number of halogens is 2. The van der Waals surface area contributed by atoms with Gasteiger partial charge in [0.2, 0.25) is 0 Å². The van der Waals surface area contributed by atoms with E-state index in [4.69, 9.17) is 0 Å². The first-order valence-electron chi connectivity index (χ1n) is 6.82. The molecule has 0 saturated carbocycles. The lowest BCUT2D eigenvalue weighted by atomic mass is 10.1. The van der Waals surface area contributed by atoms with Crippen molar-refractivity contribution in [3.05, 3.63) is 49.1 Å². The summed E-state index contributed by atoms with van der Waals surface area (Å²) in [5.74, 6) is 0. The van der Waals surface area contributed by atoms with E-state index < -0.39 is 0 Å². The molecule has 0 atom stereocenters. The van der Waals surface area contributed by atoms with Gasteiger partial charge >= 0.3 is 0 Å². The summed E-state index contributed by atoms with van der Waals surface area (Å²) in [5, 5.41) is 0. The van der Waals surface area contributed by atoms with Gasteiger partial charge in [-0.15, -0.1) is 0 Å². The second-order valence-corrected chi connectivity index (χ2v) is 4.65. The van der Waals surface area contributed by atoms with E-state index in [2.05, 4.69) is 72.0 Å². The summed E-state index contributed by atoms with van der Waals surface area (Å²) in [7, 11) is 0. The van der Waals surface area contributed by atoms with Crippen molar-refractivity contribution >= 4 is 0 Å². The summed E-state index contributed by atoms with van der Waals surface area (Å²) >= 11 is 0. The second-order valence-electron chi connectivity index (χ2n) is 4.65. The van der Waals surface area contributed by atoms with Crippen LogP contribution in [0.1, 0.15) is 26.7 Å². The number of hydrogen-bond donors (Lipinski definition) is 0. The molecule has 4 heteroatoms. The van der Waals surface area contributed by atoms with Gasteiger partial charge in [0.25, 0.3) is 0 Å². The number of nitrogens with zero attached hydrogens (tertiary/aromatic N) is 2. The molecule has 20 heavy (non-hydrogen) atoms. The molecule has 2 rings (SSSR count). The van der Waals surface area contributed by atoms with E-state index in [1.807, 2.05) is 0 Å². The van der Waals surface area contributed by atoms with E-state index in [0.717, 1.165) is 13.1 Å². The predicted molar refractivity (Wildman–Crippen MR) is 72.9 cm³/mol. The van der Waals surface area contributed by atoms with Gasteiger partial charge in [0, 0.05) is 37.1 Å². The van der Waals surface area contributed by atoms with Gasteiger partial charge in [-0.05, 0) is 11.1 Å². The second kappa shape index (κ2) is 10.5. The Balaban J connectivity index is 0.00000180. The van der Waals surface area contributed by atoms with Crippen LogP contribution in [0.5, 0.6) is 0 Å². The molecule has 0 aliphatic heterocycles. The van der Waals surface area contributed by atoms with Crippen molar-refractivity contribution < 1.29 is 57.1 Å². The molecule has 2 aromatic heterocycles. The largest absolute Gasteiger partial charge is 1.00 e. The lowest BCUT2D eigenvalue weighted by Gasteiger charge is -2.00. The molecule has 0 spiro atoms. The fourth-order valence-corrected chi connectivity index (χ4v) is 2.11. The molecule has 0 unspecified atom stereocenters. The van der Waals surface area contributed by atoms with Crippen LogP contribution in [0.15, 0.2) is 49.1 Å². The smallest absolute Gasteiger partial charge is 0.169 e. The molecule has 0 aliphatic carbocycles. The number of aryl methyl sites for hydroxylation is 2. The molecule has 0 amide bonds. The third-order valence-corrected chi connectivity index (χ3v) is 3.08. The van der Waals surface area contributed by atoms with Gasteiger partial charge in [0.1, 0.15) is 13.1 Å². The molecule has 0 radical (unpaired) electrons. The third-order valence-electron chi connectivity index (χ3n) is 3.08. The van der Waals surface area contributed by atoms with Crippen molar-refractivity contribution in [2.75, 3.05) is 0 Å². The maximum atomic E-state index is 2.23. The molecule has 110 valence electrons. The van der Waals surface area contributed by atoms with Crippen molar-refractivity contribution in [1.82, 2.24) is 0 Å². The standard InChI is InChI=1S/C16H22N2.2HI/c1-3-9-17-11-5-15(6-12-17)16-7-13-18(10-4-2)14-8-16;;/h5-8,11-14H,3-4,9-10H2,1-2H3;2*1H/q+2;;/p-2. The highest BCUT2D eigenvalue weighted by atomic mass is 127. The van der Waals surface area contributed by atoms with Gasteiger partial charge in [0.05, 0.1) is 0 Å². The van der Waals surface area contributed by atoms with E-state index in [0.29, 0.717) is 0 Å². The van der Waals surface area contributed by atoms with E-state index in [1.165, 1.54) is 24.0 Å². The van der Waals surface area contributed by atoms with Gasteiger partial charge in [-0.25, -0.2) is 9.13 Å². The maximum absolute atomic E-state index is 2.23. The molecule has 2 aromatic rings. The van der Waals surface area contributed by atoms with E-state index in [1.54, 1.807) is 0 Å². The Morgan fingerprint density at radius 2 is 0.950 bits per heavy atom. The predicted octanol–water partition coefficient (Wildman–Crippen LogP) is -3.24. The Bertz CT molecular complexity index is 433. The molecule has 2 heterocycles. The van der Waals surface area contributed by atoms with Crippen LogP contribution in [0.2, 0.25) is 0 Å². The van der Waals surface area contributed by atoms with Crippen LogP contribution in [-0.4, -0.2) is 0 Å². The SMILES string of the molecule is CCC[n+]1ccc(-c2cc[n+](CCC)cc2)cc1.[I-].[I-]. The molecule has 2 nitrogen and oxygen atoms in total. The monoisotopic (exact) mass is 496 g/mol. The molecule has 0 saturated heterocycles. The van der Waals surface area contributed by atoms with E-state index >= 15 is 0 Å². The van der Waals surface area contributed by atoms with Crippen molar-refractivity contribution in [2.45, 2.75) is 39.8 Å². The minimum atomic E-state index is 0. The van der Waals surface area contributed by atoms with Crippen LogP contribution < -0.4 is 57.1 Å². The van der Waals surface area contributed by atoms with Crippen LogP contribution in [0, 0.1) is 0 Å². The normalized spacial score (nSPS) is 9.50. The van der Waals surface area contributed by atoms with Crippen molar-refractivity contribution in [1.29, 1.82) is 0 Å². The zero-order chi connectivity index (χ0) is 12.8. The van der Waals surface area contributed by atoms with Crippen molar-refractivity contribution in [3.63, 3.8) is 0 Å². The zero-order valence-corrected chi connectivity index (χ0v) is 16.4. The summed E-state index contributed by atoms with van der Waals surface area (Å²) < 4.78 is 4.45. The summed E-state index contributed by atoms with van der Waals surface area (Å²) in [6.07, 6.45) is 11.0. The Hall–Kier alpha value is -0.240. The lowest BCUT2D eigenvalue weighted by Crippen LogP contribution is -3.00. The van der Waals surface area contributed by atoms with Gasteiger partial charge < -0.3 is 48.0 Å². The molecule has 0 aromatic carbocycles. The van der Waals surface area contributed by atoms with Crippen molar-refractivity contribution in [2.24, 2.45) is 0 Å². The Labute approximate surface area is 156 Å². The van der Waals surface area contributed by atoms with Crippen LogP contribution in [0.4, 0.5) is 0 Å². The highest BCUT2D eigenvalue weighted by Crippen LogP contribution is 2.15. The highest BCUT2D eigenvalue weighted by Gasteiger charge is 2.04. The van der Waals surface area contributed by atoms with E-state index in [-0.39, 0.29) is 48.0 Å². The first kappa shape index (κ1) is 19.8. The van der Waals surface area contributed by atoms with Gasteiger partial charge in [-0.1, -0.05) is 13.8 Å². The first-order valence-corrected chi connectivity index (χ1v) is 6.82. The van der Waals surface area contributed by atoms with Gasteiger partial charge in [-0.2, -0.15) is 0 Å². The molecular weight excluding hydrogens is 474 g/mol. The average Bonchev–Trinajstić information content (AvgIpc) is 2.41. The minimum Gasteiger partial charge on any atom is -1.00 e. The average molecular weight is 496 g/mol. The Morgan fingerprint density at radius 3 is 1.20 bits per heavy atom. The summed E-state index contributed by atoms with van der Waals surface area (Å²) in [6, 6.07) is 8.76. The molecule has 0 fully saturated rings. The lowest BCUT2D eigenvalue weighted by molar-refractivity contribution is -0.697. The van der Waals surface area contributed by atoms with Crippen molar-refractivity contribution in [3.8, 4) is 11.1 Å². The highest BCUT2D eigenvalue weighted by molar-refractivity contribution is 5.60. The van der Waals surface area contributed by atoms with Crippen LogP contribution in [0.3, 0.4) is 0 Å². The molecular formula is C16H22I2N2. The molecule has 0 aliphatic rings. The fraction of sp³-hybridized carbons (Fsp3) is 0.375. The quantitative estimate of drug-likeness (QED) is 0.304. The number of hydrogen-bond acceptors (Lipinski definition) is 0. The van der Waals surface area contributed by atoms with Crippen LogP contribution >= 0.6 is 0 Å². The van der Waals surface area contributed by atoms with Gasteiger partial charge in [0.15, 0.2) is 24.8 Å². The third kappa shape index (κ3) is 5.63. The number of aromatic nitrogens is 2. The zero-order valence-electron chi connectivity index (χ0n) is 12.1. The number of pyridine rings is 2. The molecule has 0 bridgehead atoms. The fourth-order valence-electron chi connectivity index (χ4n) is 2.11. The summed E-state index contributed by atoms with van der Waals surface area (Å²) in [4.78, 5) is 0. The Kier molecular flexibility index (Phi) is 10.4. The topological polar surface area (TPSA) is 7.76 Å².